The van der Waals surface area contributed by atoms with Gasteiger partial charge in [0.2, 0.25) is 0 Å². The van der Waals surface area contributed by atoms with Crippen LogP contribution in [-0.4, -0.2) is 35.2 Å². The Labute approximate surface area is 171 Å². The van der Waals surface area contributed by atoms with E-state index in [9.17, 15) is 19.5 Å². The molecular formula is C22H30N2O5. The van der Waals surface area contributed by atoms with Crippen LogP contribution >= 0.6 is 0 Å². The average molecular weight is 402 g/mol. The zero-order chi connectivity index (χ0) is 21.4. The standard InChI is InChI=1S/C22H30N2O5/c1-22(2,3)29-21(28)23-14-16-11-9-15(10-12-16)13-18(20(26)27)24-19(25)17-7-5-4-6-8-17/h4-8,13,15-16H,9-12,14H2,1-3H3,(H,23,28)(H,24,25)(H,26,27)/b18-13+. The highest BCUT2D eigenvalue weighted by Crippen LogP contribution is 2.30. The van der Waals surface area contributed by atoms with Crippen molar-refractivity contribution in [3.63, 3.8) is 0 Å². The minimum absolute atomic E-state index is 0.0787. The molecule has 1 aromatic rings. The number of nitrogens with one attached hydrogen (secondary N) is 2. The van der Waals surface area contributed by atoms with Crippen molar-refractivity contribution in [3.05, 3.63) is 47.7 Å². The molecule has 1 aromatic carbocycles. The molecule has 2 rings (SSSR count). The van der Waals surface area contributed by atoms with E-state index in [0.29, 0.717) is 18.0 Å². The second-order valence-electron chi connectivity index (χ2n) is 8.37. The molecule has 1 saturated carbocycles. The van der Waals surface area contributed by atoms with Crippen molar-refractivity contribution in [1.29, 1.82) is 0 Å². The number of carbonyl (C=O) groups is 3. The summed E-state index contributed by atoms with van der Waals surface area (Å²) >= 11 is 0. The van der Waals surface area contributed by atoms with Gasteiger partial charge in [-0.25, -0.2) is 9.59 Å². The smallest absolute Gasteiger partial charge is 0.407 e. The van der Waals surface area contributed by atoms with E-state index in [1.165, 1.54) is 0 Å². The molecule has 0 radical (unpaired) electrons. The van der Waals surface area contributed by atoms with E-state index in [-0.39, 0.29) is 11.6 Å². The van der Waals surface area contributed by atoms with Gasteiger partial charge in [0.1, 0.15) is 11.3 Å². The first-order valence-corrected chi connectivity index (χ1v) is 9.92. The third kappa shape index (κ3) is 7.97. The molecule has 0 saturated heterocycles. The summed E-state index contributed by atoms with van der Waals surface area (Å²) in [7, 11) is 0. The molecule has 0 atom stereocenters. The van der Waals surface area contributed by atoms with Crippen LogP contribution in [0.15, 0.2) is 42.1 Å². The number of alkyl carbamates (subject to hydrolysis) is 1. The molecule has 7 heteroatoms. The second-order valence-corrected chi connectivity index (χ2v) is 8.37. The molecule has 0 unspecified atom stereocenters. The van der Waals surface area contributed by atoms with Crippen LogP contribution in [0.25, 0.3) is 0 Å². The van der Waals surface area contributed by atoms with Crippen LogP contribution in [0.5, 0.6) is 0 Å². The van der Waals surface area contributed by atoms with Crippen LogP contribution in [0.1, 0.15) is 56.8 Å². The number of carboxylic acids is 1. The van der Waals surface area contributed by atoms with E-state index in [1.54, 1.807) is 36.4 Å². The molecule has 29 heavy (non-hydrogen) atoms. The summed E-state index contributed by atoms with van der Waals surface area (Å²) in [5.74, 6) is -1.17. The largest absolute Gasteiger partial charge is 0.477 e. The lowest BCUT2D eigenvalue weighted by Crippen LogP contribution is -2.36. The van der Waals surface area contributed by atoms with Gasteiger partial charge in [0.25, 0.3) is 5.91 Å². The van der Waals surface area contributed by atoms with Crippen LogP contribution in [-0.2, 0) is 9.53 Å². The molecule has 0 aliphatic heterocycles. The molecule has 7 nitrogen and oxygen atoms in total. The minimum atomic E-state index is -1.15. The van der Waals surface area contributed by atoms with Gasteiger partial charge in [-0.15, -0.1) is 0 Å². The third-order valence-electron chi connectivity index (χ3n) is 4.74. The number of amides is 2. The summed E-state index contributed by atoms with van der Waals surface area (Å²) < 4.78 is 5.24. The molecule has 2 amide bonds. The van der Waals surface area contributed by atoms with E-state index in [1.807, 2.05) is 20.8 Å². The van der Waals surface area contributed by atoms with Gasteiger partial charge in [0, 0.05) is 12.1 Å². The quantitative estimate of drug-likeness (QED) is 0.629. The van der Waals surface area contributed by atoms with E-state index >= 15 is 0 Å². The predicted molar refractivity (Wildman–Crippen MR) is 109 cm³/mol. The maximum absolute atomic E-state index is 12.2. The van der Waals surface area contributed by atoms with Crippen LogP contribution in [0.4, 0.5) is 4.79 Å². The molecule has 0 heterocycles. The molecule has 0 aromatic heterocycles. The van der Waals surface area contributed by atoms with E-state index in [0.717, 1.165) is 25.7 Å². The SMILES string of the molecule is CC(C)(C)OC(=O)NCC1CCC(/C=C(/NC(=O)c2ccccc2)C(=O)O)CC1. The summed E-state index contributed by atoms with van der Waals surface area (Å²) in [6.45, 7) is 6.00. The maximum atomic E-state index is 12.2. The molecule has 3 N–H and O–H groups in total. The van der Waals surface area contributed by atoms with Crippen LogP contribution in [0, 0.1) is 11.8 Å². The first kappa shape index (κ1) is 22.5. The summed E-state index contributed by atoms with van der Waals surface area (Å²) in [4.78, 5) is 35.5. The van der Waals surface area contributed by atoms with Gasteiger partial charge in [-0.2, -0.15) is 0 Å². The Hall–Kier alpha value is -2.83. The van der Waals surface area contributed by atoms with Gasteiger partial charge in [0.15, 0.2) is 0 Å². The Morgan fingerprint density at radius 1 is 1.10 bits per heavy atom. The van der Waals surface area contributed by atoms with Crippen molar-refractivity contribution in [1.82, 2.24) is 10.6 Å². The lowest BCUT2D eigenvalue weighted by molar-refractivity contribution is -0.133. The van der Waals surface area contributed by atoms with Gasteiger partial charge >= 0.3 is 12.1 Å². The molecule has 0 bridgehead atoms. The number of benzene rings is 1. The zero-order valence-corrected chi connectivity index (χ0v) is 17.2. The van der Waals surface area contributed by atoms with Crippen LogP contribution in [0.3, 0.4) is 0 Å². The first-order chi connectivity index (χ1) is 13.6. The Bertz CT molecular complexity index is 744. The molecule has 1 fully saturated rings. The minimum Gasteiger partial charge on any atom is -0.477 e. The maximum Gasteiger partial charge on any atom is 0.407 e. The number of allylic oxidation sites excluding steroid dienone is 1. The number of rotatable bonds is 6. The fourth-order valence-corrected chi connectivity index (χ4v) is 3.29. The number of carbonyl (C=O) groups excluding carboxylic acids is 2. The molecule has 0 spiro atoms. The summed E-state index contributed by atoms with van der Waals surface area (Å²) in [6, 6.07) is 8.52. The van der Waals surface area contributed by atoms with E-state index < -0.39 is 23.6 Å². The van der Waals surface area contributed by atoms with Crippen molar-refractivity contribution in [2.45, 2.75) is 52.1 Å². The van der Waals surface area contributed by atoms with Gasteiger partial charge in [-0.1, -0.05) is 24.3 Å². The highest BCUT2D eigenvalue weighted by atomic mass is 16.6. The predicted octanol–water partition coefficient (Wildman–Crippen LogP) is 3.72. The summed E-state index contributed by atoms with van der Waals surface area (Å²) in [5, 5.41) is 14.7. The first-order valence-electron chi connectivity index (χ1n) is 9.92. The Morgan fingerprint density at radius 2 is 1.72 bits per heavy atom. The second kappa shape index (κ2) is 10.1. The normalized spacial score (nSPS) is 19.9. The van der Waals surface area contributed by atoms with Gasteiger partial charge < -0.3 is 20.5 Å². The number of carboxylic acid groups (broad SMARTS) is 1. The van der Waals surface area contributed by atoms with E-state index in [4.69, 9.17) is 4.74 Å². The Kier molecular flexibility index (Phi) is 7.82. The molecule has 1 aliphatic carbocycles. The number of hydrogen-bond donors (Lipinski definition) is 3. The topological polar surface area (TPSA) is 105 Å². The summed E-state index contributed by atoms with van der Waals surface area (Å²) in [5.41, 5.74) is -0.199. The highest BCUT2D eigenvalue weighted by Gasteiger charge is 2.24. The lowest BCUT2D eigenvalue weighted by Gasteiger charge is -2.28. The fraction of sp³-hybridized carbons (Fsp3) is 0.500. The number of hydrogen-bond acceptors (Lipinski definition) is 4. The molecule has 1 aliphatic rings. The lowest BCUT2D eigenvalue weighted by atomic mass is 9.81. The Balaban J connectivity index is 1.85. The fourth-order valence-electron chi connectivity index (χ4n) is 3.29. The molecular weight excluding hydrogens is 372 g/mol. The number of ether oxygens (including phenoxy) is 1. The van der Waals surface area contributed by atoms with Gasteiger partial charge in [-0.05, 0) is 70.4 Å². The van der Waals surface area contributed by atoms with Crippen molar-refractivity contribution < 1.29 is 24.2 Å². The summed E-state index contributed by atoms with van der Waals surface area (Å²) in [6.07, 6.45) is 4.57. The molecule has 158 valence electrons. The van der Waals surface area contributed by atoms with Gasteiger partial charge in [0.05, 0.1) is 0 Å². The monoisotopic (exact) mass is 402 g/mol. The van der Waals surface area contributed by atoms with Crippen LogP contribution < -0.4 is 10.6 Å². The zero-order valence-electron chi connectivity index (χ0n) is 17.2. The number of aliphatic carboxylic acids is 1. The van der Waals surface area contributed by atoms with Crippen molar-refractivity contribution in [2.75, 3.05) is 6.54 Å². The van der Waals surface area contributed by atoms with Crippen LogP contribution in [0.2, 0.25) is 0 Å². The third-order valence-corrected chi connectivity index (χ3v) is 4.74. The van der Waals surface area contributed by atoms with Crippen molar-refractivity contribution in [2.24, 2.45) is 11.8 Å². The Morgan fingerprint density at radius 3 is 2.28 bits per heavy atom. The average Bonchev–Trinajstić information content (AvgIpc) is 2.66. The van der Waals surface area contributed by atoms with Crippen molar-refractivity contribution in [3.8, 4) is 0 Å². The van der Waals surface area contributed by atoms with Crippen molar-refractivity contribution >= 4 is 18.0 Å². The van der Waals surface area contributed by atoms with Gasteiger partial charge in [-0.3, -0.25) is 4.79 Å². The van der Waals surface area contributed by atoms with E-state index in [2.05, 4.69) is 10.6 Å². The highest BCUT2D eigenvalue weighted by molar-refractivity contribution is 6.00.